The van der Waals surface area contributed by atoms with Crippen LogP contribution in [-0.4, -0.2) is 40.3 Å². The molecule has 0 spiro atoms. The molecule has 1 aliphatic rings. The lowest BCUT2D eigenvalue weighted by atomic mass is 10.2. The van der Waals surface area contributed by atoms with Crippen LogP contribution in [0.15, 0.2) is 54.7 Å². The van der Waals surface area contributed by atoms with Gasteiger partial charge in [0.25, 0.3) is 5.91 Å². The van der Waals surface area contributed by atoms with Crippen molar-refractivity contribution in [1.82, 2.24) is 20.0 Å². The van der Waals surface area contributed by atoms with E-state index >= 15 is 0 Å². The summed E-state index contributed by atoms with van der Waals surface area (Å²) in [6.45, 7) is 4.93. The Morgan fingerprint density at radius 3 is 2.55 bits per heavy atom. The number of aryl methyl sites for hydroxylation is 1. The third-order valence-electron chi connectivity index (χ3n) is 5.51. The van der Waals surface area contributed by atoms with Crippen LogP contribution >= 0.6 is 0 Å². The first-order valence-corrected chi connectivity index (χ1v) is 10.6. The van der Waals surface area contributed by atoms with Gasteiger partial charge >= 0.3 is 0 Å². The van der Waals surface area contributed by atoms with Crippen LogP contribution in [0.3, 0.4) is 0 Å². The third kappa shape index (κ3) is 5.30. The number of amides is 1. The van der Waals surface area contributed by atoms with Gasteiger partial charge in [0, 0.05) is 43.5 Å². The molecule has 2 aromatic carbocycles. The molecule has 0 radical (unpaired) electrons. The lowest BCUT2D eigenvalue weighted by Crippen LogP contribution is -2.32. The van der Waals surface area contributed by atoms with Gasteiger partial charge in [-0.3, -0.25) is 4.79 Å². The zero-order valence-electron chi connectivity index (χ0n) is 17.7. The van der Waals surface area contributed by atoms with Gasteiger partial charge in [-0.1, -0.05) is 18.2 Å². The highest BCUT2D eigenvalue weighted by atomic mass is 19.1. The van der Waals surface area contributed by atoms with Crippen molar-refractivity contribution in [3.8, 4) is 11.4 Å². The molecular formula is C24H27FN4O2. The molecule has 1 aromatic heterocycles. The quantitative estimate of drug-likeness (QED) is 0.603. The summed E-state index contributed by atoms with van der Waals surface area (Å²) in [5.41, 5.74) is 3.79. The molecule has 2 heterocycles. The molecule has 31 heavy (non-hydrogen) atoms. The number of likely N-dealkylation sites (tertiary alicyclic amines) is 1. The highest BCUT2D eigenvalue weighted by Gasteiger charge is 2.18. The number of ether oxygens (including phenoxy) is 1. The van der Waals surface area contributed by atoms with E-state index in [4.69, 9.17) is 4.74 Å². The van der Waals surface area contributed by atoms with Crippen LogP contribution in [0.25, 0.3) is 5.69 Å². The van der Waals surface area contributed by atoms with E-state index in [0.29, 0.717) is 13.1 Å². The Kier molecular flexibility index (Phi) is 6.62. The lowest BCUT2D eigenvalue weighted by Gasteiger charge is -2.17. The van der Waals surface area contributed by atoms with Crippen LogP contribution < -0.4 is 10.1 Å². The number of aromatic nitrogens is 2. The number of halogens is 1. The zero-order chi connectivity index (χ0) is 21.6. The number of hydrogen-bond acceptors (Lipinski definition) is 4. The van der Waals surface area contributed by atoms with Crippen LogP contribution in [0.4, 0.5) is 4.39 Å². The Bertz CT molecular complexity index is 1030. The predicted octanol–water partition coefficient (Wildman–Crippen LogP) is 3.61. The Balaban J connectivity index is 1.33. The summed E-state index contributed by atoms with van der Waals surface area (Å²) in [6.07, 6.45) is 4.10. The van der Waals surface area contributed by atoms with Gasteiger partial charge in [0.05, 0.1) is 11.4 Å². The number of para-hydroxylation sites is 1. The predicted molar refractivity (Wildman–Crippen MR) is 117 cm³/mol. The van der Waals surface area contributed by atoms with Crippen LogP contribution in [0.2, 0.25) is 0 Å². The van der Waals surface area contributed by atoms with Gasteiger partial charge in [-0.05, 0) is 50.1 Å². The first-order chi connectivity index (χ1) is 15.1. The van der Waals surface area contributed by atoms with E-state index in [0.717, 1.165) is 54.2 Å². The minimum Gasteiger partial charge on any atom is -0.483 e. The Labute approximate surface area is 181 Å². The standard InChI is InChI=1S/C24H27FN4O2/c1-18-20(16-29(27-18)22-10-8-21(25)9-11-22)15-26-14-19-6-2-3-7-23(19)31-17-24(30)28-12-4-5-13-28/h2-3,6-11,16,26H,4-5,12-15,17H2,1H3. The van der Waals surface area contributed by atoms with E-state index in [1.165, 1.54) is 12.1 Å². The fourth-order valence-corrected chi connectivity index (χ4v) is 3.72. The number of nitrogens with zero attached hydrogens (tertiary/aromatic N) is 3. The SMILES string of the molecule is Cc1nn(-c2ccc(F)cc2)cc1CNCc1ccccc1OCC(=O)N1CCCC1. The molecule has 0 unspecified atom stereocenters. The first-order valence-electron chi connectivity index (χ1n) is 10.6. The van der Waals surface area contributed by atoms with Gasteiger partial charge in [-0.15, -0.1) is 0 Å². The molecule has 0 aliphatic carbocycles. The van der Waals surface area contributed by atoms with E-state index in [2.05, 4.69) is 10.4 Å². The largest absolute Gasteiger partial charge is 0.483 e. The number of carbonyl (C=O) groups excluding carboxylic acids is 1. The van der Waals surface area contributed by atoms with Crippen molar-refractivity contribution in [3.05, 3.63) is 77.4 Å². The zero-order valence-corrected chi connectivity index (χ0v) is 17.7. The second-order valence-corrected chi connectivity index (χ2v) is 7.75. The maximum absolute atomic E-state index is 13.2. The lowest BCUT2D eigenvalue weighted by molar-refractivity contribution is -0.132. The Morgan fingerprint density at radius 2 is 1.77 bits per heavy atom. The molecule has 1 amide bonds. The van der Waals surface area contributed by atoms with Crippen molar-refractivity contribution < 1.29 is 13.9 Å². The maximum Gasteiger partial charge on any atom is 0.260 e. The molecule has 4 rings (SSSR count). The first kappa shape index (κ1) is 21.1. The van der Waals surface area contributed by atoms with E-state index in [-0.39, 0.29) is 18.3 Å². The molecule has 1 saturated heterocycles. The third-order valence-corrected chi connectivity index (χ3v) is 5.51. The van der Waals surface area contributed by atoms with Gasteiger partial charge in [0.1, 0.15) is 11.6 Å². The summed E-state index contributed by atoms with van der Waals surface area (Å²) in [7, 11) is 0. The minimum atomic E-state index is -0.266. The van der Waals surface area contributed by atoms with Gasteiger partial charge in [0.15, 0.2) is 6.61 Å². The molecule has 7 heteroatoms. The van der Waals surface area contributed by atoms with Crippen molar-refractivity contribution in [1.29, 1.82) is 0 Å². The number of carbonyl (C=O) groups is 1. The molecule has 162 valence electrons. The highest BCUT2D eigenvalue weighted by molar-refractivity contribution is 5.78. The molecular weight excluding hydrogens is 395 g/mol. The molecule has 0 bridgehead atoms. The molecule has 1 N–H and O–H groups in total. The van der Waals surface area contributed by atoms with Crippen molar-refractivity contribution in [2.24, 2.45) is 0 Å². The fraction of sp³-hybridized carbons (Fsp3) is 0.333. The van der Waals surface area contributed by atoms with Crippen molar-refractivity contribution >= 4 is 5.91 Å². The van der Waals surface area contributed by atoms with Crippen molar-refractivity contribution in [2.45, 2.75) is 32.9 Å². The number of hydrogen-bond donors (Lipinski definition) is 1. The molecule has 6 nitrogen and oxygen atoms in total. The molecule has 1 fully saturated rings. The average Bonchev–Trinajstić information content (AvgIpc) is 3.44. The summed E-state index contributed by atoms with van der Waals surface area (Å²) in [5, 5.41) is 7.95. The fourth-order valence-electron chi connectivity index (χ4n) is 3.72. The number of benzene rings is 2. The second-order valence-electron chi connectivity index (χ2n) is 7.75. The average molecular weight is 423 g/mol. The normalized spacial score (nSPS) is 13.5. The highest BCUT2D eigenvalue weighted by Crippen LogP contribution is 2.19. The Morgan fingerprint density at radius 1 is 1.06 bits per heavy atom. The molecule has 0 saturated carbocycles. The summed E-state index contributed by atoms with van der Waals surface area (Å²) in [6, 6.07) is 14.0. The van der Waals surface area contributed by atoms with Crippen molar-refractivity contribution in [2.75, 3.05) is 19.7 Å². The topological polar surface area (TPSA) is 59.4 Å². The van der Waals surface area contributed by atoms with E-state index < -0.39 is 0 Å². The van der Waals surface area contributed by atoms with Crippen molar-refractivity contribution in [3.63, 3.8) is 0 Å². The van der Waals surface area contributed by atoms with Gasteiger partial charge in [-0.25, -0.2) is 9.07 Å². The van der Waals surface area contributed by atoms with Crippen LogP contribution in [0.1, 0.15) is 29.7 Å². The van der Waals surface area contributed by atoms with E-state index in [1.54, 1.807) is 16.8 Å². The number of nitrogens with one attached hydrogen (secondary N) is 1. The van der Waals surface area contributed by atoms with Crippen LogP contribution in [-0.2, 0) is 17.9 Å². The maximum atomic E-state index is 13.2. The summed E-state index contributed by atoms with van der Waals surface area (Å²) in [5.74, 6) is 0.503. The van der Waals surface area contributed by atoms with E-state index in [1.807, 2.05) is 42.3 Å². The Hall–Kier alpha value is -3.19. The molecule has 0 atom stereocenters. The minimum absolute atomic E-state index is 0.0455. The summed E-state index contributed by atoms with van der Waals surface area (Å²) >= 11 is 0. The van der Waals surface area contributed by atoms with E-state index in [9.17, 15) is 9.18 Å². The number of rotatable bonds is 8. The van der Waals surface area contributed by atoms with Gasteiger partial charge in [0.2, 0.25) is 0 Å². The summed E-state index contributed by atoms with van der Waals surface area (Å²) in [4.78, 5) is 14.1. The van der Waals surface area contributed by atoms with Crippen LogP contribution in [0, 0.1) is 12.7 Å². The van der Waals surface area contributed by atoms with Gasteiger partial charge in [-0.2, -0.15) is 5.10 Å². The van der Waals surface area contributed by atoms with Crippen LogP contribution in [0.5, 0.6) is 5.75 Å². The molecule has 3 aromatic rings. The summed E-state index contributed by atoms with van der Waals surface area (Å²) < 4.78 is 20.7. The van der Waals surface area contributed by atoms with Gasteiger partial charge < -0.3 is 15.0 Å². The monoisotopic (exact) mass is 422 g/mol. The second kappa shape index (κ2) is 9.75. The smallest absolute Gasteiger partial charge is 0.260 e. The molecule has 1 aliphatic heterocycles.